The molecule has 5 nitrogen and oxygen atoms in total. The van der Waals surface area contributed by atoms with Gasteiger partial charge in [0.25, 0.3) is 0 Å². The second-order valence-electron chi connectivity index (χ2n) is 5.13. The lowest BCUT2D eigenvalue weighted by Crippen LogP contribution is -2.35. The number of anilines is 1. The molecular weight excluding hydrogens is 288 g/mol. The van der Waals surface area contributed by atoms with Crippen molar-refractivity contribution in [2.75, 3.05) is 18.4 Å². The summed E-state index contributed by atoms with van der Waals surface area (Å²) in [5.41, 5.74) is 1.31. The molecule has 1 fully saturated rings. The van der Waals surface area contributed by atoms with E-state index in [1.54, 1.807) is 12.1 Å². The molecule has 2 rings (SSSR count). The summed E-state index contributed by atoms with van der Waals surface area (Å²) in [7, 11) is -3.49. The van der Waals surface area contributed by atoms with E-state index in [4.69, 9.17) is 0 Å². The van der Waals surface area contributed by atoms with Crippen LogP contribution in [0.2, 0.25) is 0 Å². The van der Waals surface area contributed by atoms with Crippen LogP contribution in [0.4, 0.5) is 5.69 Å². The summed E-state index contributed by atoms with van der Waals surface area (Å²) in [6, 6.07) is 4.80. The third-order valence-electron chi connectivity index (χ3n) is 3.61. The van der Waals surface area contributed by atoms with Gasteiger partial charge in [0.1, 0.15) is 0 Å². The number of sulfonamides is 1. The first-order valence-corrected chi connectivity index (χ1v) is 8.43. The van der Waals surface area contributed by atoms with Crippen molar-refractivity contribution in [3.8, 4) is 0 Å². The summed E-state index contributed by atoms with van der Waals surface area (Å²) in [5, 5.41) is 2.64. The van der Waals surface area contributed by atoms with E-state index in [9.17, 15) is 13.2 Å². The van der Waals surface area contributed by atoms with Crippen molar-refractivity contribution < 1.29 is 13.2 Å². The van der Waals surface area contributed by atoms with Crippen LogP contribution in [0.25, 0.3) is 0 Å². The van der Waals surface area contributed by atoms with E-state index in [2.05, 4.69) is 11.9 Å². The van der Waals surface area contributed by atoms with Crippen LogP contribution in [0.3, 0.4) is 0 Å². The largest absolute Gasteiger partial charge is 0.322 e. The monoisotopic (exact) mass is 308 g/mol. The van der Waals surface area contributed by atoms with Gasteiger partial charge in [-0.25, -0.2) is 8.42 Å². The SMILES string of the molecule is C=CC(=O)Nc1cc(S(=O)(=O)N2CCCCC2)ccc1C. The Balaban J connectivity index is 2.32. The minimum atomic E-state index is -3.49. The van der Waals surface area contributed by atoms with E-state index < -0.39 is 10.0 Å². The molecule has 1 saturated heterocycles. The van der Waals surface area contributed by atoms with Crippen molar-refractivity contribution in [1.82, 2.24) is 4.31 Å². The number of nitrogens with one attached hydrogen (secondary N) is 1. The fraction of sp³-hybridized carbons (Fsp3) is 0.400. The Bertz CT molecular complexity index is 647. The second kappa shape index (κ2) is 6.41. The molecule has 0 unspecified atom stereocenters. The normalized spacial score (nSPS) is 16.4. The van der Waals surface area contributed by atoms with Gasteiger partial charge in [-0.05, 0) is 43.5 Å². The van der Waals surface area contributed by atoms with Crippen LogP contribution in [-0.4, -0.2) is 31.7 Å². The zero-order valence-corrected chi connectivity index (χ0v) is 12.9. The molecule has 21 heavy (non-hydrogen) atoms. The number of nitrogens with zero attached hydrogens (tertiary/aromatic N) is 1. The van der Waals surface area contributed by atoms with Crippen molar-refractivity contribution in [3.05, 3.63) is 36.4 Å². The van der Waals surface area contributed by atoms with Crippen molar-refractivity contribution in [2.24, 2.45) is 0 Å². The van der Waals surface area contributed by atoms with E-state index in [0.717, 1.165) is 30.9 Å². The molecular formula is C15H20N2O3S. The summed E-state index contributed by atoms with van der Waals surface area (Å²) in [5.74, 6) is -0.356. The predicted octanol–water partition coefficient (Wildman–Crippen LogP) is 2.29. The van der Waals surface area contributed by atoms with Gasteiger partial charge in [-0.2, -0.15) is 4.31 Å². The van der Waals surface area contributed by atoms with Gasteiger partial charge in [0.2, 0.25) is 15.9 Å². The fourth-order valence-electron chi connectivity index (χ4n) is 2.33. The quantitative estimate of drug-likeness (QED) is 0.868. The number of rotatable bonds is 4. The first-order valence-electron chi connectivity index (χ1n) is 6.99. The van der Waals surface area contributed by atoms with Gasteiger partial charge < -0.3 is 5.32 Å². The fourth-order valence-corrected chi connectivity index (χ4v) is 3.88. The number of amides is 1. The number of carbonyl (C=O) groups is 1. The lowest BCUT2D eigenvalue weighted by molar-refractivity contribution is -0.111. The van der Waals surface area contributed by atoms with Crippen LogP contribution in [0.1, 0.15) is 24.8 Å². The standard InChI is InChI=1S/C15H20N2O3S/c1-3-15(18)16-14-11-13(8-7-12(14)2)21(19,20)17-9-5-4-6-10-17/h3,7-8,11H,1,4-6,9-10H2,2H3,(H,16,18). The molecule has 1 aliphatic heterocycles. The van der Waals surface area contributed by atoms with Gasteiger partial charge >= 0.3 is 0 Å². The molecule has 0 atom stereocenters. The maximum absolute atomic E-state index is 12.6. The van der Waals surface area contributed by atoms with E-state index >= 15 is 0 Å². The highest BCUT2D eigenvalue weighted by Gasteiger charge is 2.26. The van der Waals surface area contributed by atoms with Gasteiger partial charge in [-0.1, -0.05) is 19.1 Å². The summed E-state index contributed by atoms with van der Waals surface area (Å²) in [6.45, 7) is 6.33. The van der Waals surface area contributed by atoms with E-state index in [1.807, 2.05) is 6.92 Å². The topological polar surface area (TPSA) is 66.5 Å². The molecule has 1 aromatic rings. The summed E-state index contributed by atoms with van der Waals surface area (Å²) in [4.78, 5) is 11.6. The molecule has 0 aliphatic carbocycles. The van der Waals surface area contributed by atoms with E-state index in [-0.39, 0.29) is 10.8 Å². The average Bonchev–Trinajstić information content (AvgIpc) is 2.50. The smallest absolute Gasteiger partial charge is 0.247 e. The molecule has 114 valence electrons. The number of benzene rings is 1. The van der Waals surface area contributed by atoms with Crippen molar-refractivity contribution >= 4 is 21.6 Å². The highest BCUT2D eigenvalue weighted by atomic mass is 32.2. The minimum absolute atomic E-state index is 0.217. The molecule has 0 spiro atoms. The van der Waals surface area contributed by atoms with Crippen LogP contribution in [0.5, 0.6) is 0 Å². The van der Waals surface area contributed by atoms with Crippen molar-refractivity contribution in [3.63, 3.8) is 0 Å². The van der Waals surface area contributed by atoms with Gasteiger partial charge in [0.15, 0.2) is 0 Å². The number of hydrogen-bond donors (Lipinski definition) is 1. The third kappa shape index (κ3) is 3.51. The van der Waals surface area contributed by atoms with Gasteiger partial charge in [-0.3, -0.25) is 4.79 Å². The Morgan fingerprint density at radius 3 is 2.57 bits per heavy atom. The summed E-state index contributed by atoms with van der Waals surface area (Å²) >= 11 is 0. The average molecular weight is 308 g/mol. The Morgan fingerprint density at radius 2 is 1.95 bits per heavy atom. The lowest BCUT2D eigenvalue weighted by Gasteiger charge is -2.26. The van der Waals surface area contributed by atoms with Crippen LogP contribution < -0.4 is 5.32 Å². The van der Waals surface area contributed by atoms with Crippen LogP contribution in [0, 0.1) is 6.92 Å². The lowest BCUT2D eigenvalue weighted by atomic mass is 10.2. The molecule has 1 heterocycles. The van der Waals surface area contributed by atoms with Crippen molar-refractivity contribution in [2.45, 2.75) is 31.1 Å². The third-order valence-corrected chi connectivity index (χ3v) is 5.50. The summed E-state index contributed by atoms with van der Waals surface area (Å²) < 4.78 is 26.7. The molecule has 1 aromatic carbocycles. The minimum Gasteiger partial charge on any atom is -0.322 e. The zero-order chi connectivity index (χ0) is 15.5. The molecule has 1 aliphatic rings. The second-order valence-corrected chi connectivity index (χ2v) is 7.07. The van der Waals surface area contributed by atoms with E-state index in [1.165, 1.54) is 10.4 Å². The molecule has 0 saturated carbocycles. The molecule has 6 heteroatoms. The van der Waals surface area contributed by atoms with Crippen LogP contribution in [-0.2, 0) is 14.8 Å². The number of hydrogen-bond acceptors (Lipinski definition) is 3. The Hall–Kier alpha value is -1.66. The Kier molecular flexibility index (Phi) is 4.80. The molecule has 0 radical (unpaired) electrons. The van der Waals surface area contributed by atoms with Crippen LogP contribution in [0.15, 0.2) is 35.7 Å². The highest BCUT2D eigenvalue weighted by Crippen LogP contribution is 2.25. The number of aryl methyl sites for hydroxylation is 1. The maximum atomic E-state index is 12.6. The van der Waals surface area contributed by atoms with Gasteiger partial charge in [0, 0.05) is 18.8 Å². The first-order chi connectivity index (χ1) is 9.95. The maximum Gasteiger partial charge on any atom is 0.247 e. The summed E-state index contributed by atoms with van der Waals surface area (Å²) in [6.07, 6.45) is 4.02. The van der Waals surface area contributed by atoms with Crippen LogP contribution >= 0.6 is 0 Å². The van der Waals surface area contributed by atoms with Gasteiger partial charge in [0.05, 0.1) is 4.90 Å². The molecule has 1 amide bonds. The zero-order valence-electron chi connectivity index (χ0n) is 12.1. The van der Waals surface area contributed by atoms with Crippen molar-refractivity contribution in [1.29, 1.82) is 0 Å². The number of piperidine rings is 1. The predicted molar refractivity (Wildman–Crippen MR) is 82.6 cm³/mol. The van der Waals surface area contributed by atoms with E-state index in [0.29, 0.717) is 18.8 Å². The first kappa shape index (κ1) is 15.7. The molecule has 1 N–H and O–H groups in total. The Morgan fingerprint density at radius 1 is 1.29 bits per heavy atom. The molecule has 0 aromatic heterocycles. The Labute approximate surface area is 125 Å². The molecule has 0 bridgehead atoms. The van der Waals surface area contributed by atoms with Gasteiger partial charge in [-0.15, -0.1) is 0 Å². The number of carbonyl (C=O) groups excluding carboxylic acids is 1. The highest BCUT2D eigenvalue weighted by molar-refractivity contribution is 7.89.